The van der Waals surface area contributed by atoms with Gasteiger partial charge in [-0.15, -0.1) is 0 Å². The molecule has 1 atom stereocenters. The van der Waals surface area contributed by atoms with E-state index in [2.05, 4.69) is 16.2 Å². The zero-order chi connectivity index (χ0) is 14.4. The molecule has 1 aromatic rings. The summed E-state index contributed by atoms with van der Waals surface area (Å²) in [6.45, 7) is 0.143. The summed E-state index contributed by atoms with van der Waals surface area (Å²) in [7, 11) is 0. The third-order valence-corrected chi connectivity index (χ3v) is 2.80. The van der Waals surface area contributed by atoms with E-state index in [0.29, 0.717) is 6.42 Å². The molecule has 1 aromatic carbocycles. The van der Waals surface area contributed by atoms with E-state index in [1.54, 1.807) is 0 Å². The first-order chi connectivity index (χ1) is 9.65. The van der Waals surface area contributed by atoms with E-state index >= 15 is 0 Å². The number of hydrazine groups is 1. The molecule has 1 heterocycles. The lowest BCUT2D eigenvalue weighted by Crippen LogP contribution is -2.55. The van der Waals surface area contributed by atoms with Gasteiger partial charge in [-0.05, 0) is 12.0 Å². The van der Waals surface area contributed by atoms with Crippen molar-refractivity contribution >= 4 is 17.9 Å². The van der Waals surface area contributed by atoms with E-state index < -0.39 is 18.0 Å². The Kier molecular flexibility index (Phi) is 4.67. The van der Waals surface area contributed by atoms with Crippen LogP contribution in [0.25, 0.3) is 0 Å². The van der Waals surface area contributed by atoms with Gasteiger partial charge in [0, 0.05) is 6.42 Å². The molecule has 0 radical (unpaired) electrons. The lowest BCUT2D eigenvalue weighted by molar-refractivity contribution is -0.134. The topological polar surface area (TPSA) is 96.5 Å². The van der Waals surface area contributed by atoms with Crippen molar-refractivity contribution < 1.29 is 19.1 Å². The third kappa shape index (κ3) is 4.06. The van der Waals surface area contributed by atoms with Crippen molar-refractivity contribution in [2.24, 2.45) is 0 Å². The van der Waals surface area contributed by atoms with Crippen LogP contribution >= 0.6 is 0 Å². The number of carbonyl (C=O) groups excluding carboxylic acids is 3. The number of nitrogens with one attached hydrogen (secondary N) is 3. The minimum absolute atomic E-state index is 0.143. The largest absolute Gasteiger partial charge is 0.444 e. The van der Waals surface area contributed by atoms with Crippen LogP contribution in [0, 0.1) is 0 Å². The molecule has 0 bridgehead atoms. The number of imide groups is 1. The van der Waals surface area contributed by atoms with E-state index in [-0.39, 0.29) is 18.9 Å². The second-order valence-electron chi connectivity index (χ2n) is 4.33. The molecule has 0 spiro atoms. The molecular formula is C13H15N3O4. The van der Waals surface area contributed by atoms with Crippen molar-refractivity contribution in [1.29, 1.82) is 0 Å². The zero-order valence-electron chi connectivity index (χ0n) is 10.7. The minimum atomic E-state index is -0.682. The second-order valence-corrected chi connectivity index (χ2v) is 4.33. The fraction of sp³-hybridized carbons (Fsp3) is 0.308. The number of ether oxygens (including phenoxy) is 1. The number of hydrogen-bond acceptors (Lipinski definition) is 5. The average Bonchev–Trinajstić information content (AvgIpc) is 2.45. The van der Waals surface area contributed by atoms with Gasteiger partial charge in [-0.2, -0.15) is 0 Å². The SMILES string of the molecule is O=C1CCC(NNC(=O)OCc2ccccc2)C(=O)N1. The van der Waals surface area contributed by atoms with Gasteiger partial charge in [0.2, 0.25) is 11.8 Å². The highest BCUT2D eigenvalue weighted by Gasteiger charge is 2.26. The van der Waals surface area contributed by atoms with Crippen molar-refractivity contribution in [3.05, 3.63) is 35.9 Å². The Morgan fingerprint density at radius 1 is 1.30 bits per heavy atom. The molecule has 0 saturated carbocycles. The van der Waals surface area contributed by atoms with Crippen molar-refractivity contribution in [3.63, 3.8) is 0 Å². The van der Waals surface area contributed by atoms with Crippen LogP contribution < -0.4 is 16.2 Å². The molecule has 2 rings (SSSR count). The Balaban J connectivity index is 1.70. The molecule has 1 saturated heterocycles. The van der Waals surface area contributed by atoms with Gasteiger partial charge in [-0.3, -0.25) is 20.3 Å². The Morgan fingerprint density at radius 3 is 2.75 bits per heavy atom. The van der Waals surface area contributed by atoms with Crippen LogP contribution in [0.3, 0.4) is 0 Å². The highest BCUT2D eigenvalue weighted by Crippen LogP contribution is 2.03. The van der Waals surface area contributed by atoms with Crippen molar-refractivity contribution in [1.82, 2.24) is 16.2 Å². The van der Waals surface area contributed by atoms with Gasteiger partial charge in [0.15, 0.2) is 0 Å². The monoisotopic (exact) mass is 277 g/mol. The van der Waals surface area contributed by atoms with Crippen LogP contribution in [0.5, 0.6) is 0 Å². The molecule has 1 unspecified atom stereocenters. The first-order valence-electron chi connectivity index (χ1n) is 6.21. The molecule has 0 aliphatic carbocycles. The summed E-state index contributed by atoms with van der Waals surface area (Å²) < 4.78 is 4.96. The Bertz CT molecular complexity index is 504. The van der Waals surface area contributed by atoms with E-state index in [4.69, 9.17) is 4.74 Å². The van der Waals surface area contributed by atoms with Crippen LogP contribution in [0.4, 0.5) is 4.79 Å². The van der Waals surface area contributed by atoms with E-state index in [1.165, 1.54) is 0 Å². The van der Waals surface area contributed by atoms with Crippen LogP contribution in [0.2, 0.25) is 0 Å². The van der Waals surface area contributed by atoms with Gasteiger partial charge in [0.25, 0.3) is 0 Å². The fourth-order valence-electron chi connectivity index (χ4n) is 1.74. The zero-order valence-corrected chi connectivity index (χ0v) is 10.7. The smallest absolute Gasteiger partial charge is 0.421 e. The number of hydrogen-bond donors (Lipinski definition) is 3. The number of piperidine rings is 1. The van der Waals surface area contributed by atoms with E-state index in [1.807, 2.05) is 30.3 Å². The summed E-state index contributed by atoms with van der Waals surface area (Å²) in [4.78, 5) is 33.8. The molecular weight excluding hydrogens is 262 g/mol. The highest BCUT2D eigenvalue weighted by atomic mass is 16.6. The van der Waals surface area contributed by atoms with Crippen LogP contribution in [0.1, 0.15) is 18.4 Å². The maximum Gasteiger partial charge on any atom is 0.421 e. The van der Waals surface area contributed by atoms with Gasteiger partial charge in [-0.25, -0.2) is 10.2 Å². The number of carbonyl (C=O) groups is 3. The summed E-state index contributed by atoms with van der Waals surface area (Å²) in [6.07, 6.45) is -0.105. The number of rotatable bonds is 4. The van der Waals surface area contributed by atoms with Gasteiger partial charge in [0.1, 0.15) is 12.6 Å². The molecule has 1 aliphatic rings. The highest BCUT2D eigenvalue weighted by molar-refractivity contribution is 6.00. The molecule has 20 heavy (non-hydrogen) atoms. The van der Waals surface area contributed by atoms with Crippen molar-refractivity contribution in [2.45, 2.75) is 25.5 Å². The predicted octanol–water partition coefficient (Wildman–Crippen LogP) is 0.223. The quantitative estimate of drug-likeness (QED) is 0.540. The maximum absolute atomic E-state index is 11.4. The summed E-state index contributed by atoms with van der Waals surface area (Å²) in [5.74, 6) is -0.760. The summed E-state index contributed by atoms with van der Waals surface area (Å²) in [5.41, 5.74) is 5.69. The van der Waals surface area contributed by atoms with Gasteiger partial charge in [-0.1, -0.05) is 30.3 Å². The second kappa shape index (κ2) is 6.67. The predicted molar refractivity (Wildman–Crippen MR) is 69.1 cm³/mol. The number of amides is 3. The third-order valence-electron chi connectivity index (χ3n) is 2.80. The van der Waals surface area contributed by atoms with Gasteiger partial charge < -0.3 is 4.74 Å². The lowest BCUT2D eigenvalue weighted by atomic mass is 10.1. The first-order valence-corrected chi connectivity index (χ1v) is 6.21. The van der Waals surface area contributed by atoms with Crippen LogP contribution in [-0.4, -0.2) is 23.9 Å². The summed E-state index contributed by atoms with van der Waals surface area (Å²) in [6, 6.07) is 8.60. The maximum atomic E-state index is 11.4. The lowest BCUT2D eigenvalue weighted by Gasteiger charge is -2.21. The fourth-order valence-corrected chi connectivity index (χ4v) is 1.74. The Morgan fingerprint density at radius 2 is 2.05 bits per heavy atom. The molecule has 106 valence electrons. The molecule has 3 amide bonds. The van der Waals surface area contributed by atoms with E-state index in [9.17, 15) is 14.4 Å². The molecule has 7 nitrogen and oxygen atoms in total. The Hall–Kier alpha value is -2.41. The van der Waals surface area contributed by atoms with Crippen LogP contribution in [-0.2, 0) is 20.9 Å². The van der Waals surface area contributed by atoms with Crippen molar-refractivity contribution in [3.8, 4) is 0 Å². The molecule has 1 aliphatic heterocycles. The van der Waals surface area contributed by atoms with Gasteiger partial charge >= 0.3 is 6.09 Å². The normalized spacial score (nSPS) is 18.3. The first kappa shape index (κ1) is 14.0. The van der Waals surface area contributed by atoms with Crippen molar-refractivity contribution in [2.75, 3.05) is 0 Å². The van der Waals surface area contributed by atoms with Gasteiger partial charge in [0.05, 0.1) is 0 Å². The average molecular weight is 277 g/mol. The molecule has 1 fully saturated rings. The molecule has 7 heteroatoms. The minimum Gasteiger partial charge on any atom is -0.444 e. The van der Waals surface area contributed by atoms with Crippen LogP contribution in [0.15, 0.2) is 30.3 Å². The van der Waals surface area contributed by atoms with E-state index in [0.717, 1.165) is 5.56 Å². The Labute approximate surface area is 115 Å². The molecule has 3 N–H and O–H groups in total. The standard InChI is InChI=1S/C13H15N3O4/c17-11-7-6-10(12(18)14-11)15-16-13(19)20-8-9-4-2-1-3-5-9/h1-5,10,15H,6-8H2,(H,16,19)(H,14,17,18). The molecule has 0 aromatic heterocycles. The number of benzene rings is 1. The summed E-state index contributed by atoms with van der Waals surface area (Å²) in [5, 5.41) is 2.18. The summed E-state index contributed by atoms with van der Waals surface area (Å²) >= 11 is 0.